The summed E-state index contributed by atoms with van der Waals surface area (Å²) in [7, 11) is 0. The number of halogens is 1. The number of fused-ring (bicyclic) bond motifs is 1. The number of piperazine rings is 1. The fourth-order valence-electron chi connectivity index (χ4n) is 3.24. The molecular formula is C15H19BrN2O2. The van der Waals surface area contributed by atoms with Gasteiger partial charge < -0.3 is 10.0 Å². The van der Waals surface area contributed by atoms with Gasteiger partial charge in [0.25, 0.3) is 0 Å². The highest BCUT2D eigenvalue weighted by atomic mass is 79.9. The van der Waals surface area contributed by atoms with Crippen LogP contribution in [0, 0.1) is 6.92 Å². The van der Waals surface area contributed by atoms with Crippen LogP contribution in [-0.2, 0) is 11.3 Å². The highest BCUT2D eigenvalue weighted by molar-refractivity contribution is 9.10. The average Bonchev–Trinajstić information content (AvgIpc) is 2.77. The van der Waals surface area contributed by atoms with Crippen LogP contribution in [0.4, 0.5) is 0 Å². The number of hydrogen-bond donors (Lipinski definition) is 1. The molecule has 3 rings (SSSR count). The molecule has 20 heavy (non-hydrogen) atoms. The van der Waals surface area contributed by atoms with Crippen molar-refractivity contribution in [2.75, 3.05) is 19.6 Å². The summed E-state index contributed by atoms with van der Waals surface area (Å²) in [5.41, 5.74) is 1.85. The lowest BCUT2D eigenvalue weighted by Crippen LogP contribution is -2.50. The average molecular weight is 339 g/mol. The molecule has 2 aliphatic rings. The van der Waals surface area contributed by atoms with Crippen LogP contribution in [0.15, 0.2) is 16.6 Å². The minimum absolute atomic E-state index is 0.302. The third-order valence-electron chi connectivity index (χ3n) is 4.32. The van der Waals surface area contributed by atoms with E-state index in [1.165, 1.54) is 0 Å². The van der Waals surface area contributed by atoms with Gasteiger partial charge in [-0.25, -0.2) is 0 Å². The number of benzene rings is 1. The van der Waals surface area contributed by atoms with Gasteiger partial charge in [0.1, 0.15) is 5.75 Å². The van der Waals surface area contributed by atoms with E-state index in [1.807, 2.05) is 24.0 Å². The standard InChI is InChI=1S/C15H19BrN2O2/c1-10-6-12(16)7-11(15(10)20)8-17-4-5-18-13(9-17)2-3-14(18)19/h6-7,13,20H,2-5,8-9H2,1H3. The number of phenolic OH excluding ortho intramolecular Hbond substituents is 1. The van der Waals surface area contributed by atoms with Gasteiger partial charge >= 0.3 is 0 Å². The molecule has 0 saturated carbocycles. The van der Waals surface area contributed by atoms with Crippen LogP contribution in [0.2, 0.25) is 0 Å². The Bertz CT molecular complexity index is 547. The zero-order valence-electron chi connectivity index (χ0n) is 11.6. The van der Waals surface area contributed by atoms with Crippen LogP contribution in [0.25, 0.3) is 0 Å². The molecule has 4 nitrogen and oxygen atoms in total. The van der Waals surface area contributed by atoms with Crippen LogP contribution >= 0.6 is 15.9 Å². The lowest BCUT2D eigenvalue weighted by molar-refractivity contribution is -0.130. The molecule has 1 unspecified atom stereocenters. The van der Waals surface area contributed by atoms with E-state index in [2.05, 4.69) is 20.8 Å². The quantitative estimate of drug-likeness (QED) is 0.899. The van der Waals surface area contributed by atoms with E-state index < -0.39 is 0 Å². The van der Waals surface area contributed by atoms with Crippen molar-refractivity contribution in [3.8, 4) is 5.75 Å². The van der Waals surface area contributed by atoms with Crippen LogP contribution in [0.3, 0.4) is 0 Å². The second-order valence-corrected chi connectivity index (χ2v) is 6.66. The molecule has 2 fully saturated rings. The second kappa shape index (κ2) is 5.37. The summed E-state index contributed by atoms with van der Waals surface area (Å²) in [6.07, 6.45) is 1.67. The first-order valence-electron chi connectivity index (χ1n) is 7.04. The van der Waals surface area contributed by atoms with Crippen molar-refractivity contribution in [3.05, 3.63) is 27.7 Å². The third-order valence-corrected chi connectivity index (χ3v) is 4.77. The van der Waals surface area contributed by atoms with Crippen molar-refractivity contribution >= 4 is 21.8 Å². The van der Waals surface area contributed by atoms with Gasteiger partial charge in [-0.15, -0.1) is 0 Å². The van der Waals surface area contributed by atoms with Crippen molar-refractivity contribution in [2.24, 2.45) is 0 Å². The highest BCUT2D eigenvalue weighted by Gasteiger charge is 2.35. The van der Waals surface area contributed by atoms with Crippen molar-refractivity contribution < 1.29 is 9.90 Å². The lowest BCUT2D eigenvalue weighted by Gasteiger charge is -2.37. The van der Waals surface area contributed by atoms with Crippen molar-refractivity contribution in [1.82, 2.24) is 9.80 Å². The molecule has 1 N–H and O–H groups in total. The Hall–Kier alpha value is -1.07. The predicted molar refractivity (Wildman–Crippen MR) is 80.6 cm³/mol. The fourth-order valence-corrected chi connectivity index (χ4v) is 3.86. The van der Waals surface area contributed by atoms with Crippen molar-refractivity contribution in [2.45, 2.75) is 32.4 Å². The predicted octanol–water partition coefficient (Wildman–Crippen LogP) is 2.27. The van der Waals surface area contributed by atoms with Gasteiger partial charge in [0.05, 0.1) is 0 Å². The Morgan fingerprint density at radius 3 is 3.00 bits per heavy atom. The van der Waals surface area contributed by atoms with E-state index in [0.717, 1.165) is 48.2 Å². The number of hydrogen-bond acceptors (Lipinski definition) is 3. The zero-order chi connectivity index (χ0) is 14.3. The van der Waals surface area contributed by atoms with Crippen LogP contribution < -0.4 is 0 Å². The molecule has 0 aromatic heterocycles. The number of aromatic hydroxyl groups is 1. The van der Waals surface area contributed by atoms with Gasteiger partial charge in [-0.2, -0.15) is 0 Å². The van der Waals surface area contributed by atoms with Crippen LogP contribution in [0.5, 0.6) is 5.75 Å². The molecule has 0 aliphatic carbocycles. The smallest absolute Gasteiger partial charge is 0.222 e. The van der Waals surface area contributed by atoms with Gasteiger partial charge in [-0.3, -0.25) is 9.69 Å². The molecule has 108 valence electrons. The number of carbonyl (C=O) groups excluding carboxylic acids is 1. The summed E-state index contributed by atoms with van der Waals surface area (Å²) in [5, 5.41) is 10.2. The van der Waals surface area contributed by atoms with Crippen molar-refractivity contribution in [3.63, 3.8) is 0 Å². The van der Waals surface area contributed by atoms with Gasteiger partial charge in [-0.05, 0) is 31.0 Å². The first-order chi connectivity index (χ1) is 9.54. The van der Waals surface area contributed by atoms with E-state index in [1.54, 1.807) is 0 Å². The molecule has 0 radical (unpaired) electrons. The topological polar surface area (TPSA) is 43.8 Å². The fraction of sp³-hybridized carbons (Fsp3) is 0.533. The monoisotopic (exact) mass is 338 g/mol. The van der Waals surface area contributed by atoms with Gasteiger partial charge in [-0.1, -0.05) is 15.9 Å². The first-order valence-corrected chi connectivity index (χ1v) is 7.83. The number of amides is 1. The summed E-state index contributed by atoms with van der Waals surface area (Å²) in [5.74, 6) is 0.689. The lowest BCUT2D eigenvalue weighted by atomic mass is 10.1. The summed E-state index contributed by atoms with van der Waals surface area (Å²) >= 11 is 3.48. The van der Waals surface area contributed by atoms with E-state index in [4.69, 9.17) is 0 Å². The molecule has 1 aromatic rings. The number of aryl methyl sites for hydroxylation is 1. The van der Waals surface area contributed by atoms with Gasteiger partial charge in [0.2, 0.25) is 5.91 Å². The molecule has 2 aliphatic heterocycles. The third kappa shape index (κ3) is 2.56. The summed E-state index contributed by atoms with van der Waals surface area (Å²) in [4.78, 5) is 16.0. The molecule has 0 bridgehead atoms. The van der Waals surface area contributed by atoms with E-state index in [9.17, 15) is 9.90 Å². The Morgan fingerprint density at radius 1 is 1.40 bits per heavy atom. The van der Waals surface area contributed by atoms with E-state index in [-0.39, 0.29) is 0 Å². The minimum Gasteiger partial charge on any atom is -0.507 e. The molecule has 1 amide bonds. The Kier molecular flexibility index (Phi) is 3.73. The molecule has 5 heteroatoms. The van der Waals surface area contributed by atoms with E-state index >= 15 is 0 Å². The Labute approximate surface area is 127 Å². The molecule has 1 aromatic carbocycles. The molecule has 0 spiro atoms. The maximum absolute atomic E-state index is 11.7. The van der Waals surface area contributed by atoms with Gasteiger partial charge in [0.15, 0.2) is 0 Å². The summed E-state index contributed by atoms with van der Waals surface area (Å²) in [6, 6.07) is 4.27. The number of phenols is 1. The van der Waals surface area contributed by atoms with Crippen LogP contribution in [0.1, 0.15) is 24.0 Å². The van der Waals surface area contributed by atoms with Crippen molar-refractivity contribution in [1.29, 1.82) is 0 Å². The minimum atomic E-state index is 0.302. The van der Waals surface area contributed by atoms with E-state index in [0.29, 0.717) is 24.1 Å². The molecular weight excluding hydrogens is 320 g/mol. The summed E-state index contributed by atoms with van der Waals surface area (Å²) in [6.45, 7) is 5.27. The largest absolute Gasteiger partial charge is 0.507 e. The SMILES string of the molecule is Cc1cc(Br)cc(CN2CCN3C(=O)CCC3C2)c1O. The maximum Gasteiger partial charge on any atom is 0.222 e. The van der Waals surface area contributed by atoms with Gasteiger partial charge in [0, 0.05) is 48.7 Å². The molecule has 1 atom stereocenters. The second-order valence-electron chi connectivity index (χ2n) is 5.75. The summed E-state index contributed by atoms with van der Waals surface area (Å²) < 4.78 is 0.998. The zero-order valence-corrected chi connectivity index (χ0v) is 13.2. The number of carbonyl (C=O) groups is 1. The first kappa shape index (κ1) is 13.9. The Balaban J connectivity index is 1.72. The van der Waals surface area contributed by atoms with Crippen LogP contribution in [-0.4, -0.2) is 46.5 Å². The molecule has 2 saturated heterocycles. The normalized spacial score (nSPS) is 23.2. The number of nitrogens with zero attached hydrogens (tertiary/aromatic N) is 2. The number of rotatable bonds is 2. The maximum atomic E-state index is 11.7. The molecule has 2 heterocycles. The Morgan fingerprint density at radius 2 is 2.20 bits per heavy atom. The highest BCUT2D eigenvalue weighted by Crippen LogP contribution is 2.29.